The summed E-state index contributed by atoms with van der Waals surface area (Å²) in [6, 6.07) is 0. The number of aliphatic hydroxyl groups excluding tert-OH is 3. The summed E-state index contributed by atoms with van der Waals surface area (Å²) in [5.74, 6) is 1.67. The summed E-state index contributed by atoms with van der Waals surface area (Å²) in [7, 11) is 0. The van der Waals surface area contributed by atoms with Gasteiger partial charge in [0.15, 0.2) is 0 Å². The van der Waals surface area contributed by atoms with Gasteiger partial charge in [0.25, 0.3) is 0 Å². The van der Waals surface area contributed by atoms with E-state index in [0.717, 1.165) is 31.3 Å². The van der Waals surface area contributed by atoms with Crippen LogP contribution in [-0.4, -0.2) is 33.6 Å². The molecule has 0 radical (unpaired) electrons. The van der Waals surface area contributed by atoms with Crippen LogP contribution in [0.2, 0.25) is 0 Å². The largest absolute Gasteiger partial charge is 0.388 e. The van der Waals surface area contributed by atoms with E-state index in [4.69, 9.17) is 0 Å². The summed E-state index contributed by atoms with van der Waals surface area (Å²) >= 11 is 0. The summed E-state index contributed by atoms with van der Waals surface area (Å²) < 4.78 is 0. The molecule has 4 aliphatic carbocycles. The number of rotatable bonds is 10. The second kappa shape index (κ2) is 11.8. The first-order chi connectivity index (χ1) is 17.6. The van der Waals surface area contributed by atoms with E-state index in [2.05, 4.69) is 58.2 Å². The number of aliphatic hydroxyl groups is 3. The van der Waals surface area contributed by atoms with Crippen molar-refractivity contribution < 1.29 is 15.3 Å². The third-order valence-electron chi connectivity index (χ3n) is 10.7. The lowest BCUT2D eigenvalue weighted by atomic mass is 9.61. The van der Waals surface area contributed by atoms with Gasteiger partial charge in [-0.15, -0.1) is 0 Å². The summed E-state index contributed by atoms with van der Waals surface area (Å²) in [5, 5.41) is 31.6. The van der Waals surface area contributed by atoms with Gasteiger partial charge in [-0.05, 0) is 99.4 Å². The van der Waals surface area contributed by atoms with Crippen LogP contribution in [0.15, 0.2) is 59.8 Å². The van der Waals surface area contributed by atoms with E-state index in [1.165, 1.54) is 50.5 Å². The molecule has 0 aromatic heterocycles. The first-order valence-corrected chi connectivity index (χ1v) is 15.1. The predicted octanol–water partition coefficient (Wildman–Crippen LogP) is 7.60. The van der Waals surface area contributed by atoms with Crippen molar-refractivity contribution in [2.45, 2.75) is 123 Å². The summed E-state index contributed by atoms with van der Waals surface area (Å²) in [6.07, 6.45) is 21.4. The van der Waals surface area contributed by atoms with Gasteiger partial charge in [0, 0.05) is 5.41 Å². The molecule has 3 N–H and O–H groups in total. The van der Waals surface area contributed by atoms with E-state index < -0.39 is 18.3 Å². The number of fused-ring (bicyclic) bond motifs is 1. The summed E-state index contributed by atoms with van der Waals surface area (Å²) in [4.78, 5) is 0. The second-order valence-electron chi connectivity index (χ2n) is 13.1. The van der Waals surface area contributed by atoms with Gasteiger partial charge in [-0.3, -0.25) is 0 Å². The average molecular weight is 509 g/mol. The fourth-order valence-corrected chi connectivity index (χ4v) is 8.00. The molecule has 0 spiro atoms. The zero-order valence-corrected chi connectivity index (χ0v) is 23.7. The minimum absolute atomic E-state index is 0.0625. The fourth-order valence-electron chi connectivity index (χ4n) is 8.00. The van der Waals surface area contributed by atoms with Crippen LogP contribution in [0.5, 0.6) is 0 Å². The maximum absolute atomic E-state index is 11.1. The van der Waals surface area contributed by atoms with Crippen LogP contribution >= 0.6 is 0 Å². The van der Waals surface area contributed by atoms with Gasteiger partial charge < -0.3 is 15.3 Å². The Bertz CT molecular complexity index is 919. The molecule has 4 fully saturated rings. The van der Waals surface area contributed by atoms with Crippen molar-refractivity contribution in [2.24, 2.45) is 28.6 Å². The molecule has 0 bridgehead atoms. The zero-order chi connectivity index (χ0) is 26.8. The van der Waals surface area contributed by atoms with Gasteiger partial charge in [-0.2, -0.15) is 0 Å². The molecule has 0 saturated heterocycles. The smallest absolute Gasteiger partial charge is 0.0814 e. The topological polar surface area (TPSA) is 60.7 Å². The molecule has 0 aromatic carbocycles. The first kappa shape index (κ1) is 28.6. The van der Waals surface area contributed by atoms with E-state index in [-0.39, 0.29) is 10.8 Å². The van der Waals surface area contributed by atoms with Crippen molar-refractivity contribution in [3.63, 3.8) is 0 Å². The lowest BCUT2D eigenvalue weighted by molar-refractivity contribution is 0.110. The Morgan fingerprint density at radius 3 is 2.41 bits per heavy atom. The molecule has 0 amide bonds. The number of hydrogen-bond donors (Lipinski definition) is 3. The molecule has 37 heavy (non-hydrogen) atoms. The molecule has 3 nitrogen and oxygen atoms in total. The third-order valence-corrected chi connectivity index (χ3v) is 10.7. The highest BCUT2D eigenvalue weighted by Gasteiger charge is 2.51. The van der Waals surface area contributed by atoms with Crippen molar-refractivity contribution in [3.8, 4) is 0 Å². The van der Waals surface area contributed by atoms with Crippen LogP contribution in [0.1, 0.15) is 104 Å². The predicted molar refractivity (Wildman–Crippen MR) is 154 cm³/mol. The van der Waals surface area contributed by atoms with Crippen LogP contribution < -0.4 is 0 Å². The Kier molecular flexibility index (Phi) is 9.09. The summed E-state index contributed by atoms with van der Waals surface area (Å²) in [5.41, 5.74) is 4.71. The van der Waals surface area contributed by atoms with Gasteiger partial charge in [0.05, 0.1) is 18.3 Å². The van der Waals surface area contributed by atoms with Gasteiger partial charge in [-0.1, -0.05) is 87.8 Å². The van der Waals surface area contributed by atoms with Gasteiger partial charge in [0.1, 0.15) is 0 Å². The lowest BCUT2D eigenvalue weighted by Gasteiger charge is -2.44. The quantitative estimate of drug-likeness (QED) is 0.210. The first-order valence-electron chi connectivity index (χ1n) is 15.1. The van der Waals surface area contributed by atoms with Crippen LogP contribution in [0.4, 0.5) is 0 Å². The van der Waals surface area contributed by atoms with Crippen molar-refractivity contribution in [1.29, 1.82) is 0 Å². The van der Waals surface area contributed by atoms with Gasteiger partial charge in [0.2, 0.25) is 0 Å². The molecule has 3 heteroatoms. The molecule has 4 rings (SSSR count). The van der Waals surface area contributed by atoms with Crippen LogP contribution in [-0.2, 0) is 0 Å². The molecule has 4 saturated carbocycles. The van der Waals surface area contributed by atoms with Gasteiger partial charge in [-0.25, -0.2) is 0 Å². The third kappa shape index (κ3) is 5.94. The molecule has 7 atom stereocenters. The molecular weight excluding hydrogens is 456 g/mol. The second-order valence-corrected chi connectivity index (χ2v) is 13.1. The van der Waals surface area contributed by atoms with E-state index in [1.807, 2.05) is 0 Å². The van der Waals surface area contributed by atoms with Crippen molar-refractivity contribution in [1.82, 2.24) is 0 Å². The number of hydrogen-bond acceptors (Lipinski definition) is 3. The molecule has 7 unspecified atom stereocenters. The van der Waals surface area contributed by atoms with Crippen molar-refractivity contribution >= 4 is 0 Å². The summed E-state index contributed by atoms with van der Waals surface area (Å²) in [6.45, 7) is 15.3. The maximum atomic E-state index is 11.1. The Morgan fingerprint density at radius 2 is 1.76 bits per heavy atom. The van der Waals surface area contributed by atoms with Crippen molar-refractivity contribution in [3.05, 3.63) is 59.8 Å². The van der Waals surface area contributed by atoms with E-state index in [1.54, 1.807) is 5.57 Å². The van der Waals surface area contributed by atoms with Crippen LogP contribution in [0, 0.1) is 28.6 Å². The molecular formula is C34H52O3. The average Bonchev–Trinajstić information content (AvgIpc) is 3.60. The highest BCUT2D eigenvalue weighted by molar-refractivity contribution is 5.30. The normalized spacial score (nSPS) is 36.0. The van der Waals surface area contributed by atoms with Crippen LogP contribution in [0.25, 0.3) is 0 Å². The SMILES string of the molecule is C=C1C(O)CC(=CC=C2CCCC3(C)C2CCC3C(C)C=CC(O)C2(C(=C)CCCCC)CC2)CC1O. The monoisotopic (exact) mass is 508 g/mol. The number of allylic oxidation sites excluding steroid dienone is 4. The lowest BCUT2D eigenvalue weighted by Crippen LogP contribution is -2.35. The maximum Gasteiger partial charge on any atom is 0.0814 e. The Morgan fingerprint density at radius 1 is 1.05 bits per heavy atom. The van der Waals surface area contributed by atoms with E-state index in [0.29, 0.717) is 36.2 Å². The minimum atomic E-state index is -0.632. The Balaban J connectivity index is 1.40. The molecule has 0 heterocycles. The molecule has 206 valence electrons. The highest BCUT2D eigenvalue weighted by Crippen LogP contribution is 2.60. The Labute approximate surface area is 226 Å². The standard InChI is InChI=1S/C34H52O3/c1-6-7-8-10-24(3)34(19-20-34)32(37)17-12-23(2)28-15-16-29-27(11-9-18-33(28,29)5)14-13-26-21-30(35)25(4)31(36)22-26/h12-14,17,23,28-32,35-37H,3-4,6-11,15-16,18-22H2,1-2,5H3. The Hall–Kier alpha value is -1.42. The minimum Gasteiger partial charge on any atom is -0.388 e. The number of unbranched alkanes of at least 4 members (excludes halogenated alkanes) is 2. The van der Waals surface area contributed by atoms with E-state index in [9.17, 15) is 15.3 Å². The van der Waals surface area contributed by atoms with Crippen LogP contribution in [0.3, 0.4) is 0 Å². The molecule has 0 aromatic rings. The zero-order valence-electron chi connectivity index (χ0n) is 23.7. The molecule has 4 aliphatic rings. The fraction of sp³-hybridized carbons (Fsp3) is 0.706. The van der Waals surface area contributed by atoms with Gasteiger partial charge >= 0.3 is 0 Å². The van der Waals surface area contributed by atoms with E-state index >= 15 is 0 Å². The highest BCUT2D eigenvalue weighted by atomic mass is 16.3. The van der Waals surface area contributed by atoms with Crippen molar-refractivity contribution in [2.75, 3.05) is 0 Å². The molecule has 0 aliphatic heterocycles.